The van der Waals surface area contributed by atoms with E-state index >= 15 is 0 Å². The average Bonchev–Trinajstić information content (AvgIpc) is 2.37. The fourth-order valence-electron chi connectivity index (χ4n) is 1.22. The molecule has 2 amide bonds. The van der Waals surface area contributed by atoms with Gasteiger partial charge >= 0.3 is 11.8 Å². The van der Waals surface area contributed by atoms with E-state index in [1.807, 2.05) is 6.07 Å². The molecule has 2 N–H and O–H groups in total. The number of halogens is 2. The summed E-state index contributed by atoms with van der Waals surface area (Å²) in [5, 5.41) is 5.88. The second-order valence-corrected chi connectivity index (χ2v) is 5.06. The van der Waals surface area contributed by atoms with Crippen molar-refractivity contribution in [1.29, 1.82) is 0 Å². The standard InChI is InChI=1S/C11H11Br2N3O3/c1-14-10(17)11(18)16-15-5-6-3-7(12)4-8(13)9(6)19-2/h3-5H,1-2H3,(H,14,17)(H,16,18)/b15-5-. The van der Waals surface area contributed by atoms with Crippen LogP contribution in [0, 0.1) is 0 Å². The van der Waals surface area contributed by atoms with E-state index < -0.39 is 11.8 Å². The third-order valence-corrected chi connectivity index (χ3v) is 3.09. The number of amides is 2. The van der Waals surface area contributed by atoms with E-state index in [0.717, 1.165) is 8.95 Å². The van der Waals surface area contributed by atoms with Gasteiger partial charge in [0.05, 0.1) is 17.8 Å². The Kier molecular flexibility index (Phi) is 5.97. The number of likely N-dealkylation sites (N-methyl/N-ethyl adjacent to an activating group) is 1. The summed E-state index contributed by atoms with van der Waals surface area (Å²) < 4.78 is 6.76. The Morgan fingerprint density at radius 2 is 2.00 bits per heavy atom. The molecular formula is C11H11Br2N3O3. The van der Waals surface area contributed by atoms with Gasteiger partial charge in [-0.3, -0.25) is 9.59 Å². The summed E-state index contributed by atoms with van der Waals surface area (Å²) >= 11 is 6.68. The van der Waals surface area contributed by atoms with Crippen LogP contribution >= 0.6 is 31.9 Å². The molecule has 0 aliphatic rings. The number of nitrogens with one attached hydrogen (secondary N) is 2. The fraction of sp³-hybridized carbons (Fsp3) is 0.182. The lowest BCUT2D eigenvalue weighted by atomic mass is 10.2. The van der Waals surface area contributed by atoms with Gasteiger partial charge in [-0.05, 0) is 28.1 Å². The zero-order chi connectivity index (χ0) is 14.4. The highest BCUT2D eigenvalue weighted by molar-refractivity contribution is 9.11. The van der Waals surface area contributed by atoms with Crippen LogP contribution in [0.15, 0.2) is 26.2 Å². The van der Waals surface area contributed by atoms with Crippen molar-refractivity contribution in [1.82, 2.24) is 10.7 Å². The molecule has 0 heterocycles. The van der Waals surface area contributed by atoms with Gasteiger partial charge in [0.25, 0.3) is 0 Å². The SMILES string of the molecule is CNC(=O)C(=O)N/N=C\c1cc(Br)cc(Br)c1OC. The number of nitrogens with zero attached hydrogens (tertiary/aromatic N) is 1. The van der Waals surface area contributed by atoms with Crippen LogP contribution in [-0.2, 0) is 9.59 Å². The molecule has 1 rings (SSSR count). The van der Waals surface area contributed by atoms with Crippen molar-refractivity contribution in [2.75, 3.05) is 14.2 Å². The van der Waals surface area contributed by atoms with Crippen molar-refractivity contribution >= 4 is 49.9 Å². The predicted molar refractivity (Wildman–Crippen MR) is 78.2 cm³/mol. The normalized spacial score (nSPS) is 10.3. The molecule has 0 bridgehead atoms. The Morgan fingerprint density at radius 3 is 2.58 bits per heavy atom. The van der Waals surface area contributed by atoms with E-state index in [0.29, 0.717) is 11.3 Å². The fourth-order valence-corrected chi connectivity index (χ4v) is 2.64. The molecule has 6 nitrogen and oxygen atoms in total. The van der Waals surface area contributed by atoms with Crippen LogP contribution in [0.3, 0.4) is 0 Å². The molecule has 1 aromatic rings. The molecule has 1 aromatic carbocycles. The Morgan fingerprint density at radius 1 is 1.32 bits per heavy atom. The highest BCUT2D eigenvalue weighted by Crippen LogP contribution is 2.31. The van der Waals surface area contributed by atoms with Crippen LogP contribution in [0.25, 0.3) is 0 Å². The summed E-state index contributed by atoms with van der Waals surface area (Å²) in [7, 11) is 2.88. The first-order valence-corrected chi connectivity index (χ1v) is 6.66. The lowest BCUT2D eigenvalue weighted by molar-refractivity contribution is -0.138. The quantitative estimate of drug-likeness (QED) is 0.463. The molecular weight excluding hydrogens is 382 g/mol. The highest BCUT2D eigenvalue weighted by Gasteiger charge is 2.10. The van der Waals surface area contributed by atoms with E-state index in [9.17, 15) is 9.59 Å². The number of hydrogen-bond donors (Lipinski definition) is 2. The summed E-state index contributed by atoms with van der Waals surface area (Å²) in [4.78, 5) is 22.1. The molecule has 0 unspecified atom stereocenters. The van der Waals surface area contributed by atoms with Gasteiger partial charge in [0.1, 0.15) is 5.75 Å². The van der Waals surface area contributed by atoms with Crippen molar-refractivity contribution in [3.8, 4) is 5.75 Å². The molecule has 0 saturated heterocycles. The maximum atomic E-state index is 11.2. The molecule has 8 heteroatoms. The summed E-state index contributed by atoms with van der Waals surface area (Å²) in [6.07, 6.45) is 1.38. The Hall–Kier alpha value is -1.41. The first-order chi connectivity index (χ1) is 8.99. The van der Waals surface area contributed by atoms with Crippen LogP contribution < -0.4 is 15.5 Å². The Bertz CT molecular complexity index is 532. The summed E-state index contributed by atoms with van der Waals surface area (Å²) in [6.45, 7) is 0. The number of ether oxygens (including phenoxy) is 1. The highest BCUT2D eigenvalue weighted by atomic mass is 79.9. The lowest BCUT2D eigenvalue weighted by Gasteiger charge is -2.07. The third kappa shape index (κ3) is 4.32. The van der Waals surface area contributed by atoms with Gasteiger partial charge in [-0.25, -0.2) is 5.43 Å². The number of carbonyl (C=O) groups is 2. The van der Waals surface area contributed by atoms with Crippen molar-refractivity contribution in [3.05, 3.63) is 26.6 Å². The monoisotopic (exact) mass is 391 g/mol. The first kappa shape index (κ1) is 15.6. The molecule has 0 fully saturated rings. The Balaban J connectivity index is 2.87. The minimum absolute atomic E-state index is 0.571. The molecule has 0 aliphatic carbocycles. The van der Waals surface area contributed by atoms with Gasteiger partial charge in [-0.15, -0.1) is 0 Å². The zero-order valence-corrected chi connectivity index (χ0v) is 13.3. The molecule has 0 spiro atoms. The zero-order valence-electron chi connectivity index (χ0n) is 10.2. The molecule has 0 atom stereocenters. The van der Waals surface area contributed by atoms with Crippen molar-refractivity contribution in [3.63, 3.8) is 0 Å². The minimum Gasteiger partial charge on any atom is -0.495 e. The molecule has 0 radical (unpaired) electrons. The summed E-state index contributed by atoms with van der Waals surface area (Å²) in [5.41, 5.74) is 2.74. The van der Waals surface area contributed by atoms with Crippen LogP contribution in [0.4, 0.5) is 0 Å². The number of rotatable bonds is 3. The van der Waals surface area contributed by atoms with Gasteiger partial charge in [-0.2, -0.15) is 5.10 Å². The topological polar surface area (TPSA) is 79.8 Å². The van der Waals surface area contributed by atoms with Crippen LogP contribution in [0.1, 0.15) is 5.56 Å². The Labute approximate surface area is 126 Å². The maximum absolute atomic E-state index is 11.2. The summed E-state index contributed by atoms with van der Waals surface area (Å²) in [6, 6.07) is 3.58. The molecule has 0 aliphatic heterocycles. The number of methoxy groups -OCH3 is 1. The van der Waals surface area contributed by atoms with E-state index in [4.69, 9.17) is 4.74 Å². The van der Waals surface area contributed by atoms with E-state index in [-0.39, 0.29) is 0 Å². The van der Waals surface area contributed by atoms with Crippen molar-refractivity contribution < 1.29 is 14.3 Å². The number of hydrazone groups is 1. The van der Waals surface area contributed by atoms with Crippen LogP contribution in [0.5, 0.6) is 5.75 Å². The predicted octanol–water partition coefficient (Wildman–Crippen LogP) is 1.42. The number of hydrogen-bond acceptors (Lipinski definition) is 4. The van der Waals surface area contributed by atoms with Gasteiger partial charge in [-0.1, -0.05) is 15.9 Å². The van der Waals surface area contributed by atoms with Gasteiger partial charge in [0.15, 0.2) is 0 Å². The van der Waals surface area contributed by atoms with Gasteiger partial charge in [0, 0.05) is 17.1 Å². The average molecular weight is 393 g/mol. The smallest absolute Gasteiger partial charge is 0.329 e. The second-order valence-electron chi connectivity index (χ2n) is 3.29. The van der Waals surface area contributed by atoms with Crippen LogP contribution in [-0.4, -0.2) is 32.2 Å². The van der Waals surface area contributed by atoms with Gasteiger partial charge < -0.3 is 10.1 Å². The number of carbonyl (C=O) groups excluding carboxylic acids is 2. The second kappa shape index (κ2) is 7.25. The van der Waals surface area contributed by atoms with E-state index in [2.05, 4.69) is 47.7 Å². The lowest BCUT2D eigenvalue weighted by Crippen LogP contribution is -2.35. The number of benzene rings is 1. The third-order valence-electron chi connectivity index (χ3n) is 2.04. The van der Waals surface area contributed by atoms with Crippen molar-refractivity contribution in [2.45, 2.75) is 0 Å². The van der Waals surface area contributed by atoms with Crippen molar-refractivity contribution in [2.24, 2.45) is 5.10 Å². The summed E-state index contributed by atoms with van der Waals surface area (Å²) in [5.74, 6) is -1.03. The van der Waals surface area contributed by atoms with Gasteiger partial charge in [0.2, 0.25) is 0 Å². The van der Waals surface area contributed by atoms with Crippen LogP contribution in [0.2, 0.25) is 0 Å². The minimum atomic E-state index is -0.841. The molecule has 19 heavy (non-hydrogen) atoms. The molecule has 0 saturated carbocycles. The molecule has 0 aromatic heterocycles. The molecule has 102 valence electrons. The van der Waals surface area contributed by atoms with E-state index in [1.165, 1.54) is 20.4 Å². The largest absolute Gasteiger partial charge is 0.495 e. The maximum Gasteiger partial charge on any atom is 0.329 e. The first-order valence-electron chi connectivity index (χ1n) is 5.07. The van der Waals surface area contributed by atoms with E-state index in [1.54, 1.807) is 6.07 Å².